The number of esters is 1. The maximum absolute atomic E-state index is 11.5. The second kappa shape index (κ2) is 4.30. The fourth-order valence-corrected chi connectivity index (χ4v) is 1.57. The average Bonchev–Trinajstić information content (AvgIpc) is 2.42. The van der Waals surface area contributed by atoms with Gasteiger partial charge in [-0.1, -0.05) is 13.8 Å². The Kier molecular flexibility index (Phi) is 3.34. The zero-order valence-electron chi connectivity index (χ0n) is 8.30. The maximum Gasteiger partial charge on any atom is 0.336 e. The lowest BCUT2D eigenvalue weighted by Gasteiger charge is -2.08. The van der Waals surface area contributed by atoms with Crippen LogP contribution in [-0.2, 0) is 9.53 Å². The Bertz CT molecular complexity index is 233. The van der Waals surface area contributed by atoms with Gasteiger partial charge in [0.15, 0.2) is 0 Å². The maximum atomic E-state index is 11.5. The van der Waals surface area contributed by atoms with Gasteiger partial charge in [0.05, 0.1) is 12.2 Å². The quantitative estimate of drug-likeness (QED) is 0.676. The van der Waals surface area contributed by atoms with Crippen LogP contribution in [0.3, 0.4) is 0 Å². The lowest BCUT2D eigenvalue weighted by atomic mass is 10.0. The van der Waals surface area contributed by atoms with Gasteiger partial charge in [-0.15, -0.1) is 0 Å². The molecule has 74 valence electrons. The summed E-state index contributed by atoms with van der Waals surface area (Å²) in [4.78, 5) is 11.5. The first-order valence-electron chi connectivity index (χ1n) is 4.82. The Labute approximate surface area is 78.9 Å². The van der Waals surface area contributed by atoms with Crippen molar-refractivity contribution in [2.45, 2.75) is 33.1 Å². The predicted molar refractivity (Wildman–Crippen MR) is 50.9 cm³/mol. The summed E-state index contributed by atoms with van der Waals surface area (Å²) in [5.74, 6) is 0.0497. The second-order valence-corrected chi connectivity index (χ2v) is 3.51. The predicted octanol–water partition coefficient (Wildman–Crippen LogP) is 1.58. The second-order valence-electron chi connectivity index (χ2n) is 3.51. The molecular weight excluding hydrogens is 166 g/mol. The molecule has 1 atom stereocenters. The van der Waals surface area contributed by atoms with Gasteiger partial charge in [-0.3, -0.25) is 0 Å². The van der Waals surface area contributed by atoms with Gasteiger partial charge >= 0.3 is 5.97 Å². The average molecular weight is 183 g/mol. The third-order valence-corrected chi connectivity index (χ3v) is 2.34. The number of carbonyl (C=O) groups excluding carboxylic acids is 1. The topological polar surface area (TPSA) is 52.3 Å². The molecule has 0 radical (unpaired) electrons. The number of ether oxygens (including phenoxy) is 1. The van der Waals surface area contributed by atoms with Crippen LogP contribution in [0.2, 0.25) is 0 Å². The van der Waals surface area contributed by atoms with Crippen molar-refractivity contribution in [3.05, 3.63) is 11.3 Å². The molecule has 0 aromatic rings. The number of carbonyl (C=O) groups is 1. The number of allylic oxidation sites excluding steroid dienone is 1. The molecule has 3 nitrogen and oxygen atoms in total. The lowest BCUT2D eigenvalue weighted by Crippen LogP contribution is -2.14. The Balaban J connectivity index is 2.59. The van der Waals surface area contributed by atoms with Gasteiger partial charge in [0, 0.05) is 5.70 Å². The summed E-state index contributed by atoms with van der Waals surface area (Å²) in [6, 6.07) is 0. The molecule has 0 amide bonds. The first-order chi connectivity index (χ1) is 6.16. The zero-order valence-corrected chi connectivity index (χ0v) is 8.30. The SMILES string of the molecule is CCCOC(=O)C1=C(N)CC[C@H]1C. The van der Waals surface area contributed by atoms with Crippen LogP contribution in [-0.4, -0.2) is 12.6 Å². The van der Waals surface area contributed by atoms with Crippen LogP contribution < -0.4 is 5.73 Å². The molecule has 0 fully saturated rings. The van der Waals surface area contributed by atoms with E-state index in [9.17, 15) is 4.79 Å². The molecule has 0 saturated heterocycles. The molecule has 0 bridgehead atoms. The summed E-state index contributed by atoms with van der Waals surface area (Å²) < 4.78 is 5.04. The third-order valence-electron chi connectivity index (χ3n) is 2.34. The van der Waals surface area contributed by atoms with Gasteiger partial charge in [-0.2, -0.15) is 0 Å². The van der Waals surface area contributed by atoms with Gasteiger partial charge in [0.1, 0.15) is 0 Å². The van der Waals surface area contributed by atoms with E-state index in [1.807, 2.05) is 13.8 Å². The minimum atomic E-state index is -0.218. The standard InChI is InChI=1S/C10H17NO2/c1-3-6-13-10(12)9-7(2)4-5-8(9)11/h7H,3-6,11H2,1-2H3/t7-/m1/s1. The Hall–Kier alpha value is -0.990. The first-order valence-corrected chi connectivity index (χ1v) is 4.82. The zero-order chi connectivity index (χ0) is 9.84. The van der Waals surface area contributed by atoms with Gasteiger partial charge in [0.25, 0.3) is 0 Å². The molecule has 1 rings (SSSR count). The van der Waals surface area contributed by atoms with E-state index in [1.165, 1.54) is 0 Å². The van der Waals surface area contributed by atoms with Crippen LogP contribution in [0.5, 0.6) is 0 Å². The van der Waals surface area contributed by atoms with Crippen LogP contribution in [0.1, 0.15) is 33.1 Å². The van der Waals surface area contributed by atoms with E-state index >= 15 is 0 Å². The minimum Gasteiger partial charge on any atom is -0.462 e. The van der Waals surface area contributed by atoms with E-state index in [-0.39, 0.29) is 11.9 Å². The summed E-state index contributed by atoms with van der Waals surface area (Å²) >= 11 is 0. The van der Waals surface area contributed by atoms with Crippen LogP contribution >= 0.6 is 0 Å². The normalized spacial score (nSPS) is 22.2. The van der Waals surface area contributed by atoms with E-state index in [1.54, 1.807) is 0 Å². The van der Waals surface area contributed by atoms with Crippen molar-refractivity contribution in [2.24, 2.45) is 11.7 Å². The molecule has 2 N–H and O–H groups in total. The first kappa shape index (κ1) is 10.1. The van der Waals surface area contributed by atoms with E-state index in [0.717, 1.165) is 19.3 Å². The minimum absolute atomic E-state index is 0.218. The Morgan fingerprint density at radius 1 is 1.69 bits per heavy atom. The molecule has 0 aliphatic heterocycles. The van der Waals surface area contributed by atoms with Crippen molar-refractivity contribution in [2.75, 3.05) is 6.61 Å². The molecule has 1 aliphatic carbocycles. The molecule has 0 aromatic heterocycles. The van der Waals surface area contributed by atoms with Crippen LogP contribution in [0, 0.1) is 5.92 Å². The largest absolute Gasteiger partial charge is 0.462 e. The molecule has 13 heavy (non-hydrogen) atoms. The number of hydrogen-bond acceptors (Lipinski definition) is 3. The van der Waals surface area contributed by atoms with Crippen molar-refractivity contribution >= 4 is 5.97 Å². The molecule has 0 heterocycles. The van der Waals surface area contributed by atoms with Crippen molar-refractivity contribution in [1.82, 2.24) is 0 Å². The lowest BCUT2D eigenvalue weighted by molar-refractivity contribution is -0.139. The molecule has 3 heteroatoms. The summed E-state index contributed by atoms with van der Waals surface area (Å²) in [6.07, 6.45) is 2.66. The summed E-state index contributed by atoms with van der Waals surface area (Å²) in [6.45, 7) is 4.48. The third kappa shape index (κ3) is 2.23. The molecule has 0 saturated carbocycles. The summed E-state index contributed by atoms with van der Waals surface area (Å²) in [7, 11) is 0. The van der Waals surface area contributed by atoms with Gasteiger partial charge < -0.3 is 10.5 Å². The van der Waals surface area contributed by atoms with Crippen molar-refractivity contribution < 1.29 is 9.53 Å². The fraction of sp³-hybridized carbons (Fsp3) is 0.700. The monoisotopic (exact) mass is 183 g/mol. The molecule has 0 spiro atoms. The highest BCUT2D eigenvalue weighted by molar-refractivity contribution is 5.90. The van der Waals surface area contributed by atoms with E-state index < -0.39 is 0 Å². The number of nitrogens with two attached hydrogens (primary N) is 1. The number of hydrogen-bond donors (Lipinski definition) is 1. The van der Waals surface area contributed by atoms with E-state index in [4.69, 9.17) is 10.5 Å². The molecule has 0 aromatic carbocycles. The molecule has 1 aliphatic rings. The Morgan fingerprint density at radius 3 is 2.85 bits per heavy atom. The van der Waals surface area contributed by atoms with E-state index in [2.05, 4.69) is 0 Å². The number of rotatable bonds is 3. The van der Waals surface area contributed by atoms with E-state index in [0.29, 0.717) is 17.9 Å². The van der Waals surface area contributed by atoms with Crippen molar-refractivity contribution in [3.63, 3.8) is 0 Å². The van der Waals surface area contributed by atoms with Gasteiger partial charge in [-0.05, 0) is 25.2 Å². The molecular formula is C10H17NO2. The fourth-order valence-electron chi connectivity index (χ4n) is 1.57. The van der Waals surface area contributed by atoms with Crippen molar-refractivity contribution in [1.29, 1.82) is 0 Å². The van der Waals surface area contributed by atoms with Gasteiger partial charge in [-0.25, -0.2) is 4.79 Å². The summed E-state index contributed by atoms with van der Waals surface area (Å²) in [5.41, 5.74) is 7.14. The van der Waals surface area contributed by atoms with Crippen molar-refractivity contribution in [3.8, 4) is 0 Å². The smallest absolute Gasteiger partial charge is 0.336 e. The highest BCUT2D eigenvalue weighted by Crippen LogP contribution is 2.29. The van der Waals surface area contributed by atoms with Gasteiger partial charge in [0.2, 0.25) is 0 Å². The van der Waals surface area contributed by atoms with Crippen LogP contribution in [0.4, 0.5) is 0 Å². The highest BCUT2D eigenvalue weighted by atomic mass is 16.5. The highest BCUT2D eigenvalue weighted by Gasteiger charge is 2.26. The van der Waals surface area contributed by atoms with Crippen LogP contribution in [0.15, 0.2) is 11.3 Å². The molecule has 0 unspecified atom stereocenters. The Morgan fingerprint density at radius 2 is 2.38 bits per heavy atom. The van der Waals surface area contributed by atoms with Crippen LogP contribution in [0.25, 0.3) is 0 Å². The summed E-state index contributed by atoms with van der Waals surface area (Å²) in [5, 5.41) is 0.